The van der Waals surface area contributed by atoms with Gasteiger partial charge in [-0.3, -0.25) is 4.79 Å². The third-order valence-electron chi connectivity index (χ3n) is 5.95. The first-order valence-electron chi connectivity index (χ1n) is 9.28. The SMILES string of the molecule is C[C@@H]1C[C@@]2(O[C@H]2C)C(=O)O[C@@H]2CCN(C)CC=C(COC(=O)[C@@]1(C)O)C2=O. The Kier molecular flexibility index (Phi) is 5.18. The number of nitrogens with zero attached hydrogens (tertiary/aromatic N) is 1. The van der Waals surface area contributed by atoms with E-state index in [-0.39, 0.29) is 24.4 Å². The van der Waals surface area contributed by atoms with Crippen molar-refractivity contribution in [1.82, 2.24) is 4.90 Å². The molecular formula is C19H27NO7. The Labute approximate surface area is 158 Å². The van der Waals surface area contributed by atoms with Gasteiger partial charge in [-0.2, -0.15) is 0 Å². The van der Waals surface area contributed by atoms with Crippen LogP contribution >= 0.6 is 0 Å². The van der Waals surface area contributed by atoms with Gasteiger partial charge in [-0.15, -0.1) is 0 Å². The standard InChI is InChI=1S/C19H27NO7/c1-11-9-19(12(2)27-19)17(23)26-14-6-8-20(4)7-5-13(15(14)21)10-25-16(22)18(11,3)24/h5,11-12,14,24H,6-10H2,1-4H3/t11-,12+,14-,18+,19+/m1/s1. The molecule has 27 heavy (non-hydrogen) atoms. The molecule has 0 saturated carbocycles. The molecule has 1 spiro atoms. The summed E-state index contributed by atoms with van der Waals surface area (Å²) in [4.78, 5) is 40.2. The van der Waals surface area contributed by atoms with Crippen molar-refractivity contribution in [2.75, 3.05) is 26.7 Å². The average molecular weight is 381 g/mol. The molecule has 2 saturated heterocycles. The second kappa shape index (κ2) is 7.00. The molecule has 2 fully saturated rings. The van der Waals surface area contributed by atoms with E-state index < -0.39 is 41.3 Å². The van der Waals surface area contributed by atoms with Crippen LogP contribution in [0.5, 0.6) is 0 Å². The van der Waals surface area contributed by atoms with Crippen LogP contribution in [0.25, 0.3) is 0 Å². The summed E-state index contributed by atoms with van der Waals surface area (Å²) in [5.41, 5.74) is -2.81. The lowest BCUT2D eigenvalue weighted by molar-refractivity contribution is -0.173. The van der Waals surface area contributed by atoms with E-state index in [0.717, 1.165) is 0 Å². The van der Waals surface area contributed by atoms with Crippen LogP contribution in [0, 0.1) is 5.92 Å². The second-order valence-electron chi connectivity index (χ2n) is 8.02. The number of ketones is 1. The van der Waals surface area contributed by atoms with Gasteiger partial charge in [0.05, 0.1) is 6.10 Å². The van der Waals surface area contributed by atoms with Crippen LogP contribution in [-0.4, -0.2) is 77.9 Å². The number of epoxide rings is 1. The number of aliphatic hydroxyl groups is 1. The molecule has 3 aliphatic heterocycles. The molecule has 150 valence electrons. The van der Waals surface area contributed by atoms with Crippen molar-refractivity contribution in [2.24, 2.45) is 5.92 Å². The molecule has 3 aliphatic rings. The summed E-state index contributed by atoms with van der Waals surface area (Å²) in [6.45, 7) is 5.57. The zero-order valence-corrected chi connectivity index (χ0v) is 16.2. The van der Waals surface area contributed by atoms with Crippen molar-refractivity contribution in [2.45, 2.75) is 57.0 Å². The molecule has 0 unspecified atom stereocenters. The molecule has 0 aromatic rings. The molecular weight excluding hydrogens is 354 g/mol. The van der Waals surface area contributed by atoms with E-state index in [4.69, 9.17) is 14.2 Å². The molecule has 8 heteroatoms. The Balaban J connectivity index is 1.97. The predicted octanol–water partition coefficient (Wildman–Crippen LogP) is 0.221. The number of likely N-dealkylation sites (N-methyl/N-ethyl adjacent to an activating group) is 1. The van der Waals surface area contributed by atoms with Gasteiger partial charge in [0, 0.05) is 25.1 Å². The summed E-state index contributed by atoms with van der Waals surface area (Å²) in [6.07, 6.45) is 0.756. The molecule has 2 bridgehead atoms. The minimum absolute atomic E-state index is 0.0958. The number of hydrogen-bond donors (Lipinski definition) is 1. The molecule has 5 atom stereocenters. The lowest BCUT2D eigenvalue weighted by Crippen LogP contribution is -2.48. The number of hydrogen-bond acceptors (Lipinski definition) is 8. The van der Waals surface area contributed by atoms with Crippen LogP contribution in [0.4, 0.5) is 0 Å². The summed E-state index contributed by atoms with van der Waals surface area (Å²) in [5, 5.41) is 10.7. The van der Waals surface area contributed by atoms with E-state index in [1.807, 2.05) is 11.9 Å². The number of ether oxygens (including phenoxy) is 3. The van der Waals surface area contributed by atoms with Gasteiger partial charge in [0.1, 0.15) is 6.61 Å². The first-order valence-corrected chi connectivity index (χ1v) is 9.28. The first kappa shape index (κ1) is 20.0. The Hall–Kier alpha value is -1.77. The van der Waals surface area contributed by atoms with Gasteiger partial charge >= 0.3 is 11.9 Å². The van der Waals surface area contributed by atoms with E-state index >= 15 is 0 Å². The molecule has 1 N–H and O–H groups in total. The summed E-state index contributed by atoms with van der Waals surface area (Å²) >= 11 is 0. The third kappa shape index (κ3) is 3.66. The first-order chi connectivity index (χ1) is 12.6. The number of esters is 2. The van der Waals surface area contributed by atoms with Gasteiger partial charge in [-0.1, -0.05) is 13.0 Å². The van der Waals surface area contributed by atoms with Gasteiger partial charge < -0.3 is 24.2 Å². The van der Waals surface area contributed by atoms with Crippen LogP contribution in [0.2, 0.25) is 0 Å². The van der Waals surface area contributed by atoms with Gasteiger partial charge in [0.15, 0.2) is 17.3 Å². The Morgan fingerprint density at radius 1 is 1.22 bits per heavy atom. The van der Waals surface area contributed by atoms with Crippen LogP contribution in [0.3, 0.4) is 0 Å². The van der Waals surface area contributed by atoms with Crippen LogP contribution in [0.1, 0.15) is 33.6 Å². The molecule has 0 aromatic heterocycles. The Morgan fingerprint density at radius 3 is 2.52 bits per heavy atom. The smallest absolute Gasteiger partial charge is 0.341 e. The monoisotopic (exact) mass is 381 g/mol. The molecule has 3 rings (SSSR count). The van der Waals surface area contributed by atoms with Crippen molar-refractivity contribution in [3.8, 4) is 0 Å². The van der Waals surface area contributed by atoms with Gasteiger partial charge in [0.2, 0.25) is 5.78 Å². The molecule has 0 aliphatic carbocycles. The lowest BCUT2D eigenvalue weighted by Gasteiger charge is -2.32. The largest absolute Gasteiger partial charge is 0.459 e. The van der Waals surface area contributed by atoms with Gasteiger partial charge in [-0.25, -0.2) is 9.59 Å². The number of cyclic esters (lactones) is 1. The fourth-order valence-corrected chi connectivity index (χ4v) is 3.54. The Bertz CT molecular complexity index is 686. The van der Waals surface area contributed by atoms with E-state index in [1.165, 1.54) is 6.92 Å². The maximum atomic E-state index is 12.9. The van der Waals surface area contributed by atoms with Crippen LogP contribution in [0.15, 0.2) is 11.6 Å². The lowest BCUT2D eigenvalue weighted by atomic mass is 9.82. The topological polar surface area (TPSA) is 106 Å². The zero-order chi connectivity index (χ0) is 20.0. The highest BCUT2D eigenvalue weighted by molar-refractivity contribution is 6.01. The van der Waals surface area contributed by atoms with Crippen molar-refractivity contribution >= 4 is 17.7 Å². The van der Waals surface area contributed by atoms with Crippen LogP contribution < -0.4 is 0 Å². The summed E-state index contributed by atoms with van der Waals surface area (Å²) in [7, 11) is 1.89. The summed E-state index contributed by atoms with van der Waals surface area (Å²) < 4.78 is 16.4. The molecule has 0 aromatic carbocycles. The minimum atomic E-state index is -1.82. The Morgan fingerprint density at radius 2 is 1.89 bits per heavy atom. The van der Waals surface area contributed by atoms with E-state index in [0.29, 0.717) is 19.5 Å². The highest BCUT2D eigenvalue weighted by atomic mass is 16.7. The van der Waals surface area contributed by atoms with Gasteiger partial charge in [-0.05, 0) is 33.2 Å². The summed E-state index contributed by atoms with van der Waals surface area (Å²) in [6, 6.07) is 0. The highest BCUT2D eigenvalue weighted by Crippen LogP contribution is 2.45. The van der Waals surface area contributed by atoms with E-state index in [9.17, 15) is 19.5 Å². The maximum absolute atomic E-state index is 12.9. The zero-order valence-electron chi connectivity index (χ0n) is 16.2. The van der Waals surface area contributed by atoms with Crippen molar-refractivity contribution < 1.29 is 33.7 Å². The fraction of sp³-hybridized carbons (Fsp3) is 0.737. The molecule has 0 amide bonds. The fourth-order valence-electron chi connectivity index (χ4n) is 3.54. The number of rotatable bonds is 0. The normalized spacial score (nSPS) is 41.4. The van der Waals surface area contributed by atoms with Gasteiger partial charge in [0.25, 0.3) is 0 Å². The molecule has 3 heterocycles. The van der Waals surface area contributed by atoms with Crippen molar-refractivity contribution in [1.29, 1.82) is 0 Å². The van der Waals surface area contributed by atoms with E-state index in [1.54, 1.807) is 19.9 Å². The third-order valence-corrected chi connectivity index (χ3v) is 5.95. The summed E-state index contributed by atoms with van der Waals surface area (Å²) in [5.74, 6) is -2.43. The highest BCUT2D eigenvalue weighted by Gasteiger charge is 2.63. The maximum Gasteiger partial charge on any atom is 0.341 e. The number of fused-ring (bicyclic) bond motifs is 2. The minimum Gasteiger partial charge on any atom is -0.459 e. The molecule has 8 nitrogen and oxygen atoms in total. The van der Waals surface area contributed by atoms with Crippen molar-refractivity contribution in [3.05, 3.63) is 11.6 Å². The predicted molar refractivity (Wildman–Crippen MR) is 93.7 cm³/mol. The van der Waals surface area contributed by atoms with Crippen molar-refractivity contribution in [3.63, 3.8) is 0 Å². The number of Topliss-reactive ketones (excluding diaryl/α,β-unsaturated/α-hetero) is 1. The van der Waals surface area contributed by atoms with Crippen LogP contribution in [-0.2, 0) is 28.6 Å². The van der Waals surface area contributed by atoms with E-state index in [2.05, 4.69) is 0 Å². The average Bonchev–Trinajstić information content (AvgIpc) is 3.26. The molecule has 0 radical (unpaired) electrons. The second-order valence-corrected chi connectivity index (χ2v) is 8.02. The number of carbonyl (C=O) groups is 3. The number of carbonyl (C=O) groups excluding carboxylic acids is 3. The quantitative estimate of drug-likeness (QED) is 0.469.